The molecule has 1 aliphatic rings. The van der Waals surface area contributed by atoms with Crippen molar-refractivity contribution in [1.82, 2.24) is 4.90 Å². The van der Waals surface area contributed by atoms with Crippen molar-refractivity contribution in [2.45, 2.75) is 6.54 Å². The van der Waals surface area contributed by atoms with Gasteiger partial charge in [0.05, 0.1) is 26.0 Å². The number of carbonyl (C=O) groups is 3. The zero-order valence-corrected chi connectivity index (χ0v) is 17.5. The SMILES string of the molecule is O=C(O)c1cccc(CN2C(=O)S/C(=C\c3cc(Br)c(O)c(Br)c3)C2=O)c1. The molecule has 27 heavy (non-hydrogen) atoms. The van der Waals surface area contributed by atoms with Crippen LogP contribution in [-0.4, -0.2) is 32.2 Å². The summed E-state index contributed by atoms with van der Waals surface area (Å²) in [7, 11) is 0. The molecule has 1 saturated heterocycles. The van der Waals surface area contributed by atoms with Gasteiger partial charge < -0.3 is 10.2 Å². The summed E-state index contributed by atoms with van der Waals surface area (Å²) in [5, 5.41) is 18.4. The number of carboxylic acids is 1. The van der Waals surface area contributed by atoms with Gasteiger partial charge in [-0.3, -0.25) is 14.5 Å². The van der Waals surface area contributed by atoms with Crippen molar-refractivity contribution in [3.8, 4) is 5.75 Å². The number of rotatable bonds is 4. The number of halogens is 2. The summed E-state index contributed by atoms with van der Waals surface area (Å²) < 4.78 is 0.903. The average Bonchev–Trinajstić information content (AvgIpc) is 2.87. The highest BCUT2D eigenvalue weighted by atomic mass is 79.9. The first-order valence-electron chi connectivity index (χ1n) is 7.52. The molecule has 0 radical (unpaired) electrons. The first kappa shape index (κ1) is 19.7. The molecule has 1 fully saturated rings. The summed E-state index contributed by atoms with van der Waals surface area (Å²) in [5.41, 5.74) is 1.27. The number of aromatic carboxylic acids is 1. The van der Waals surface area contributed by atoms with Crippen LogP contribution >= 0.6 is 43.6 Å². The van der Waals surface area contributed by atoms with Crippen LogP contribution in [-0.2, 0) is 11.3 Å². The van der Waals surface area contributed by atoms with E-state index < -0.39 is 17.1 Å². The van der Waals surface area contributed by atoms with E-state index in [1.807, 2.05) is 0 Å². The third-order valence-electron chi connectivity index (χ3n) is 3.73. The number of aromatic hydroxyl groups is 1. The maximum Gasteiger partial charge on any atom is 0.335 e. The standard InChI is InChI=1S/C18H11Br2NO5S/c19-12-5-10(6-13(20)15(12)22)7-14-16(23)21(18(26)27-14)8-9-2-1-3-11(4-9)17(24)25/h1-7,22H,8H2,(H,24,25)/b14-7-. The normalized spacial score (nSPS) is 15.6. The highest BCUT2D eigenvalue weighted by molar-refractivity contribution is 9.11. The number of carboxylic acid groups (broad SMARTS) is 1. The molecule has 1 heterocycles. The van der Waals surface area contributed by atoms with Crippen molar-refractivity contribution in [2.24, 2.45) is 0 Å². The number of hydrogen-bond donors (Lipinski definition) is 2. The molecule has 1 aliphatic heterocycles. The summed E-state index contributed by atoms with van der Waals surface area (Å²) >= 11 is 7.25. The van der Waals surface area contributed by atoms with Gasteiger partial charge >= 0.3 is 5.97 Å². The monoisotopic (exact) mass is 511 g/mol. The van der Waals surface area contributed by atoms with E-state index in [1.54, 1.807) is 30.3 Å². The van der Waals surface area contributed by atoms with E-state index in [4.69, 9.17) is 5.11 Å². The van der Waals surface area contributed by atoms with Crippen LogP contribution in [0.2, 0.25) is 0 Å². The number of imide groups is 1. The molecule has 9 heteroatoms. The number of hydrogen-bond acceptors (Lipinski definition) is 5. The van der Waals surface area contributed by atoms with Crippen LogP contribution in [0.15, 0.2) is 50.2 Å². The molecule has 2 aromatic rings. The van der Waals surface area contributed by atoms with Gasteiger partial charge in [-0.25, -0.2) is 4.79 Å². The molecular weight excluding hydrogens is 502 g/mol. The largest absolute Gasteiger partial charge is 0.506 e. The van der Waals surface area contributed by atoms with Crippen LogP contribution in [0.4, 0.5) is 4.79 Å². The Morgan fingerprint density at radius 3 is 2.44 bits per heavy atom. The van der Waals surface area contributed by atoms with Gasteiger partial charge in [0.15, 0.2) is 0 Å². The molecule has 0 atom stereocenters. The van der Waals surface area contributed by atoms with E-state index in [2.05, 4.69) is 31.9 Å². The summed E-state index contributed by atoms with van der Waals surface area (Å²) in [6, 6.07) is 9.37. The van der Waals surface area contributed by atoms with Crippen molar-refractivity contribution in [3.05, 3.63) is 66.9 Å². The summed E-state index contributed by atoms with van der Waals surface area (Å²) in [6.07, 6.45) is 1.56. The van der Waals surface area contributed by atoms with Crippen LogP contribution in [0.3, 0.4) is 0 Å². The average molecular weight is 513 g/mol. The number of phenols is 1. The fraction of sp³-hybridized carbons (Fsp3) is 0.0556. The first-order chi connectivity index (χ1) is 12.8. The molecular formula is C18H11Br2NO5S. The molecule has 0 aliphatic carbocycles. The molecule has 0 aromatic heterocycles. The summed E-state index contributed by atoms with van der Waals surface area (Å²) in [4.78, 5) is 37.2. The van der Waals surface area contributed by atoms with Gasteiger partial charge in [0.2, 0.25) is 0 Å². The minimum Gasteiger partial charge on any atom is -0.506 e. The van der Waals surface area contributed by atoms with Gasteiger partial charge in [0, 0.05) is 0 Å². The Morgan fingerprint density at radius 2 is 1.81 bits per heavy atom. The van der Waals surface area contributed by atoms with Crippen molar-refractivity contribution < 1.29 is 24.6 Å². The lowest BCUT2D eigenvalue weighted by atomic mass is 10.1. The number of carbonyl (C=O) groups excluding carboxylic acids is 2. The van der Waals surface area contributed by atoms with Gasteiger partial charge in [-0.2, -0.15) is 0 Å². The number of thioether (sulfide) groups is 1. The Morgan fingerprint density at radius 1 is 1.15 bits per heavy atom. The van der Waals surface area contributed by atoms with Crippen LogP contribution in [0.1, 0.15) is 21.5 Å². The van der Waals surface area contributed by atoms with Crippen molar-refractivity contribution in [3.63, 3.8) is 0 Å². The number of amides is 2. The second kappa shape index (κ2) is 7.87. The third-order valence-corrected chi connectivity index (χ3v) is 5.84. The fourth-order valence-electron chi connectivity index (χ4n) is 2.44. The van der Waals surface area contributed by atoms with Crippen molar-refractivity contribution in [1.29, 1.82) is 0 Å². The van der Waals surface area contributed by atoms with Gasteiger partial charge in [0.1, 0.15) is 5.75 Å². The Kier molecular flexibility index (Phi) is 5.73. The molecule has 0 bridgehead atoms. The Bertz CT molecular complexity index is 982. The predicted molar refractivity (Wildman–Crippen MR) is 108 cm³/mol. The van der Waals surface area contributed by atoms with Crippen molar-refractivity contribution >= 4 is 66.8 Å². The number of benzene rings is 2. The van der Waals surface area contributed by atoms with Gasteiger partial charge in [-0.15, -0.1) is 0 Å². The van der Waals surface area contributed by atoms with E-state index in [1.165, 1.54) is 12.1 Å². The van der Waals surface area contributed by atoms with Crippen LogP contribution in [0.25, 0.3) is 6.08 Å². The molecule has 3 rings (SSSR count). The second-order valence-corrected chi connectivity index (χ2v) is 8.31. The first-order valence-corrected chi connectivity index (χ1v) is 9.92. The highest BCUT2D eigenvalue weighted by Crippen LogP contribution is 2.37. The molecule has 6 nitrogen and oxygen atoms in total. The molecule has 0 saturated carbocycles. The minimum absolute atomic E-state index is 0.00784. The topological polar surface area (TPSA) is 94.9 Å². The molecule has 2 aromatic carbocycles. The maximum absolute atomic E-state index is 12.6. The number of nitrogens with zero attached hydrogens (tertiary/aromatic N) is 1. The predicted octanol–water partition coefficient (Wildman–Crippen LogP) is 4.85. The zero-order valence-electron chi connectivity index (χ0n) is 13.5. The Labute approximate surface area is 175 Å². The van der Waals surface area contributed by atoms with Crippen LogP contribution in [0.5, 0.6) is 5.75 Å². The van der Waals surface area contributed by atoms with E-state index in [-0.39, 0.29) is 22.8 Å². The van der Waals surface area contributed by atoms with E-state index in [9.17, 15) is 19.5 Å². The van der Waals surface area contributed by atoms with E-state index >= 15 is 0 Å². The molecule has 2 amide bonds. The Balaban J connectivity index is 1.85. The van der Waals surface area contributed by atoms with Crippen LogP contribution < -0.4 is 0 Å². The highest BCUT2D eigenvalue weighted by Gasteiger charge is 2.35. The van der Waals surface area contributed by atoms with Gasteiger partial charge in [0.25, 0.3) is 11.1 Å². The smallest absolute Gasteiger partial charge is 0.335 e. The molecule has 138 valence electrons. The van der Waals surface area contributed by atoms with E-state index in [0.29, 0.717) is 20.1 Å². The summed E-state index contributed by atoms with van der Waals surface area (Å²) in [6.45, 7) is -0.00784. The van der Waals surface area contributed by atoms with Gasteiger partial charge in [-0.1, -0.05) is 12.1 Å². The Hall–Kier alpha value is -2.10. The van der Waals surface area contributed by atoms with E-state index in [0.717, 1.165) is 16.7 Å². The second-order valence-electron chi connectivity index (χ2n) is 5.61. The third kappa shape index (κ3) is 4.26. The lowest BCUT2D eigenvalue weighted by Gasteiger charge is -2.12. The van der Waals surface area contributed by atoms with Crippen LogP contribution in [0, 0.1) is 0 Å². The quantitative estimate of drug-likeness (QED) is 0.568. The molecule has 0 unspecified atom stereocenters. The lowest BCUT2D eigenvalue weighted by Crippen LogP contribution is -2.27. The fourth-order valence-corrected chi connectivity index (χ4v) is 4.50. The lowest BCUT2D eigenvalue weighted by molar-refractivity contribution is -0.123. The maximum atomic E-state index is 12.6. The minimum atomic E-state index is -1.07. The van der Waals surface area contributed by atoms with Crippen molar-refractivity contribution in [2.75, 3.05) is 0 Å². The summed E-state index contributed by atoms with van der Waals surface area (Å²) in [5.74, 6) is -1.49. The van der Waals surface area contributed by atoms with Gasteiger partial charge in [-0.05, 0) is 85.1 Å². The molecule has 2 N–H and O–H groups in total. The zero-order chi connectivity index (χ0) is 19.7. The number of phenolic OH excluding ortho intramolecular Hbond substituents is 1. The molecule has 0 spiro atoms.